The molecule has 0 saturated carbocycles. The third-order valence-corrected chi connectivity index (χ3v) is 6.14. The number of methoxy groups -OCH3 is 2. The van der Waals surface area contributed by atoms with Gasteiger partial charge in [0.25, 0.3) is 0 Å². The second-order valence-corrected chi connectivity index (χ2v) is 8.21. The Balaban J connectivity index is 1.88. The molecular formula is C27H24ClFN2O4. The molecule has 0 spiro atoms. The summed E-state index contributed by atoms with van der Waals surface area (Å²) in [6, 6.07) is 16.1. The number of anilines is 1. The number of benzene rings is 3. The highest BCUT2D eigenvalue weighted by atomic mass is 35.5. The first kappa shape index (κ1) is 24.3. The number of rotatable bonds is 8. The van der Waals surface area contributed by atoms with Crippen LogP contribution in [0.15, 0.2) is 54.6 Å². The number of carboxylic acid groups (broad SMARTS) is 1. The molecule has 2 N–H and O–H groups in total. The van der Waals surface area contributed by atoms with Crippen LogP contribution in [0.4, 0.5) is 10.1 Å². The summed E-state index contributed by atoms with van der Waals surface area (Å²) in [4.78, 5) is 16.6. The monoisotopic (exact) mass is 494 g/mol. The number of aryl methyl sites for hydroxylation is 1. The summed E-state index contributed by atoms with van der Waals surface area (Å²) in [5.41, 5.74) is 1.15. The molecule has 0 aliphatic carbocycles. The van der Waals surface area contributed by atoms with Crippen molar-refractivity contribution in [2.24, 2.45) is 0 Å². The van der Waals surface area contributed by atoms with E-state index in [-0.39, 0.29) is 29.2 Å². The molecule has 8 heteroatoms. The van der Waals surface area contributed by atoms with Crippen LogP contribution in [0.25, 0.3) is 22.0 Å². The Hall–Kier alpha value is -3.84. The molecule has 0 bridgehead atoms. The van der Waals surface area contributed by atoms with Crippen LogP contribution < -0.4 is 14.8 Å². The zero-order valence-electron chi connectivity index (χ0n) is 19.5. The molecule has 4 aromatic rings. The van der Waals surface area contributed by atoms with Gasteiger partial charge in [0.2, 0.25) is 0 Å². The standard InChI is InChI=1S/C27H24ClFN2O4/c1-4-20-23(27(32)33)26(30-14-16-11-12-17(34-2)13-21(16)35-3)24(29)25(31-20)18-9-5-7-15-8-6-10-19(28)22(15)18/h5-13H,4,14H2,1-3H3,(H,30,31)(H,32,33). The Morgan fingerprint density at radius 2 is 1.86 bits per heavy atom. The Labute approximate surface area is 207 Å². The maximum absolute atomic E-state index is 16.1. The molecule has 35 heavy (non-hydrogen) atoms. The second kappa shape index (κ2) is 10.2. The summed E-state index contributed by atoms with van der Waals surface area (Å²) in [6.45, 7) is 1.90. The predicted octanol–water partition coefficient (Wildman–Crippen LogP) is 6.58. The first-order chi connectivity index (χ1) is 16.9. The van der Waals surface area contributed by atoms with Gasteiger partial charge in [-0.05, 0) is 30.0 Å². The lowest BCUT2D eigenvalue weighted by Crippen LogP contribution is -2.15. The number of fused-ring (bicyclic) bond motifs is 1. The Morgan fingerprint density at radius 3 is 2.51 bits per heavy atom. The fourth-order valence-electron chi connectivity index (χ4n) is 4.12. The largest absolute Gasteiger partial charge is 0.497 e. The molecule has 3 aromatic carbocycles. The molecule has 0 aliphatic rings. The van der Waals surface area contributed by atoms with Crippen LogP contribution in [-0.4, -0.2) is 30.3 Å². The first-order valence-corrected chi connectivity index (χ1v) is 11.3. The van der Waals surface area contributed by atoms with Crippen molar-refractivity contribution in [2.45, 2.75) is 19.9 Å². The van der Waals surface area contributed by atoms with E-state index in [1.165, 1.54) is 7.11 Å². The van der Waals surface area contributed by atoms with E-state index in [4.69, 9.17) is 21.1 Å². The molecule has 0 atom stereocenters. The average molecular weight is 495 g/mol. The highest BCUT2D eigenvalue weighted by molar-refractivity contribution is 6.36. The topological polar surface area (TPSA) is 80.7 Å². The minimum absolute atomic E-state index is 0.0368. The van der Waals surface area contributed by atoms with Gasteiger partial charge in [0.05, 0.1) is 25.6 Å². The fourth-order valence-corrected chi connectivity index (χ4v) is 4.40. The zero-order valence-corrected chi connectivity index (χ0v) is 20.2. The van der Waals surface area contributed by atoms with Crippen LogP contribution in [-0.2, 0) is 13.0 Å². The van der Waals surface area contributed by atoms with Crippen LogP contribution >= 0.6 is 11.6 Å². The Bertz CT molecular complexity index is 1420. The van der Waals surface area contributed by atoms with Gasteiger partial charge in [-0.15, -0.1) is 0 Å². The number of ether oxygens (including phenoxy) is 2. The van der Waals surface area contributed by atoms with Crippen LogP contribution in [0.3, 0.4) is 0 Å². The fraction of sp³-hybridized carbons (Fsp3) is 0.185. The van der Waals surface area contributed by atoms with Crippen molar-refractivity contribution in [1.29, 1.82) is 0 Å². The summed E-state index contributed by atoms with van der Waals surface area (Å²) in [6.07, 6.45) is 0.300. The summed E-state index contributed by atoms with van der Waals surface area (Å²) in [5, 5.41) is 14.9. The van der Waals surface area contributed by atoms with Crippen molar-refractivity contribution in [3.8, 4) is 22.8 Å². The minimum Gasteiger partial charge on any atom is -0.497 e. The average Bonchev–Trinajstić information content (AvgIpc) is 2.87. The molecule has 0 unspecified atom stereocenters. The van der Waals surface area contributed by atoms with Gasteiger partial charge >= 0.3 is 5.97 Å². The number of nitrogens with zero attached hydrogens (tertiary/aromatic N) is 1. The van der Waals surface area contributed by atoms with E-state index in [2.05, 4.69) is 10.3 Å². The zero-order chi connectivity index (χ0) is 25.1. The molecule has 1 heterocycles. The van der Waals surface area contributed by atoms with Crippen molar-refractivity contribution < 1.29 is 23.8 Å². The lowest BCUT2D eigenvalue weighted by Gasteiger charge is -2.18. The number of hydrogen-bond acceptors (Lipinski definition) is 5. The van der Waals surface area contributed by atoms with Crippen molar-refractivity contribution in [3.63, 3.8) is 0 Å². The van der Waals surface area contributed by atoms with E-state index in [1.54, 1.807) is 50.4 Å². The number of pyridine rings is 1. The lowest BCUT2D eigenvalue weighted by molar-refractivity contribution is 0.0695. The number of halogens is 2. The SMILES string of the molecule is CCc1nc(-c2cccc3cccc(Cl)c23)c(F)c(NCc2ccc(OC)cc2OC)c1C(=O)O. The van der Waals surface area contributed by atoms with E-state index in [0.717, 1.165) is 5.39 Å². The van der Waals surface area contributed by atoms with Crippen molar-refractivity contribution in [3.05, 3.63) is 82.3 Å². The van der Waals surface area contributed by atoms with E-state index in [9.17, 15) is 9.90 Å². The predicted molar refractivity (Wildman–Crippen MR) is 135 cm³/mol. The van der Waals surface area contributed by atoms with Gasteiger partial charge in [-0.3, -0.25) is 0 Å². The van der Waals surface area contributed by atoms with Crippen molar-refractivity contribution >= 4 is 34.0 Å². The van der Waals surface area contributed by atoms with Crippen LogP contribution in [0.1, 0.15) is 28.5 Å². The van der Waals surface area contributed by atoms with Crippen LogP contribution in [0.2, 0.25) is 5.02 Å². The van der Waals surface area contributed by atoms with E-state index in [0.29, 0.717) is 39.5 Å². The number of hydrogen-bond donors (Lipinski definition) is 2. The molecule has 0 amide bonds. The third-order valence-electron chi connectivity index (χ3n) is 5.82. The molecule has 0 radical (unpaired) electrons. The van der Waals surface area contributed by atoms with E-state index >= 15 is 4.39 Å². The van der Waals surface area contributed by atoms with Gasteiger partial charge in [-0.25, -0.2) is 14.2 Å². The summed E-state index contributed by atoms with van der Waals surface area (Å²) in [5.74, 6) is -0.894. The molecule has 180 valence electrons. The highest BCUT2D eigenvalue weighted by Crippen LogP contribution is 2.38. The van der Waals surface area contributed by atoms with Gasteiger partial charge in [0.15, 0.2) is 5.82 Å². The highest BCUT2D eigenvalue weighted by Gasteiger charge is 2.26. The van der Waals surface area contributed by atoms with Gasteiger partial charge < -0.3 is 19.9 Å². The normalized spacial score (nSPS) is 10.9. The number of nitrogens with one attached hydrogen (secondary N) is 1. The second-order valence-electron chi connectivity index (χ2n) is 7.80. The Kier molecular flexibility index (Phi) is 7.07. The number of carbonyl (C=O) groups is 1. The summed E-state index contributed by atoms with van der Waals surface area (Å²) < 4.78 is 26.7. The van der Waals surface area contributed by atoms with Crippen LogP contribution in [0.5, 0.6) is 11.5 Å². The number of aromatic nitrogens is 1. The quantitative estimate of drug-likeness (QED) is 0.288. The lowest BCUT2D eigenvalue weighted by atomic mass is 9.98. The van der Waals surface area contributed by atoms with Gasteiger partial charge in [-0.2, -0.15) is 0 Å². The van der Waals surface area contributed by atoms with E-state index in [1.807, 2.05) is 18.2 Å². The maximum Gasteiger partial charge on any atom is 0.339 e. The molecule has 0 saturated heterocycles. The minimum atomic E-state index is -1.26. The Morgan fingerprint density at radius 1 is 1.11 bits per heavy atom. The molecule has 4 rings (SSSR count). The van der Waals surface area contributed by atoms with Gasteiger partial charge in [0.1, 0.15) is 22.8 Å². The van der Waals surface area contributed by atoms with Gasteiger partial charge in [0, 0.05) is 34.1 Å². The summed E-state index contributed by atoms with van der Waals surface area (Å²) in [7, 11) is 3.07. The number of carboxylic acids is 1. The van der Waals surface area contributed by atoms with Crippen LogP contribution in [0, 0.1) is 5.82 Å². The molecule has 0 fully saturated rings. The number of aromatic carboxylic acids is 1. The first-order valence-electron chi connectivity index (χ1n) is 11.0. The van der Waals surface area contributed by atoms with E-state index < -0.39 is 11.8 Å². The smallest absolute Gasteiger partial charge is 0.339 e. The maximum atomic E-state index is 16.1. The summed E-state index contributed by atoms with van der Waals surface area (Å²) >= 11 is 6.47. The molecule has 6 nitrogen and oxygen atoms in total. The molecule has 0 aliphatic heterocycles. The van der Waals surface area contributed by atoms with Crippen molar-refractivity contribution in [1.82, 2.24) is 4.98 Å². The van der Waals surface area contributed by atoms with Crippen molar-refractivity contribution in [2.75, 3.05) is 19.5 Å². The molecule has 1 aromatic heterocycles. The van der Waals surface area contributed by atoms with Gasteiger partial charge in [-0.1, -0.05) is 48.9 Å². The third kappa shape index (κ3) is 4.59. The molecular weight excluding hydrogens is 471 g/mol.